The molecular weight excluding hydrogens is 387 g/mol. The minimum atomic E-state index is -3.81. The van der Waals surface area contributed by atoms with Crippen molar-refractivity contribution in [2.75, 3.05) is 20.1 Å². The molecule has 0 bridgehead atoms. The lowest BCUT2D eigenvalue weighted by Gasteiger charge is -2.45. The Morgan fingerprint density at radius 2 is 2.11 bits per heavy atom. The van der Waals surface area contributed by atoms with Crippen LogP contribution in [0, 0.1) is 5.82 Å². The Kier molecular flexibility index (Phi) is 4.72. The molecule has 1 atom stereocenters. The predicted molar refractivity (Wildman–Crippen MR) is 97.2 cm³/mol. The Labute approximate surface area is 162 Å². The molecule has 3 heterocycles. The van der Waals surface area contributed by atoms with E-state index in [1.807, 2.05) is 4.57 Å². The van der Waals surface area contributed by atoms with Gasteiger partial charge in [0.1, 0.15) is 17.2 Å². The summed E-state index contributed by atoms with van der Waals surface area (Å²) >= 11 is 0. The van der Waals surface area contributed by atoms with E-state index in [9.17, 15) is 17.6 Å². The quantitative estimate of drug-likeness (QED) is 0.813. The van der Waals surface area contributed by atoms with Crippen LogP contribution in [0.5, 0.6) is 0 Å². The van der Waals surface area contributed by atoms with Crippen LogP contribution in [-0.4, -0.2) is 54.4 Å². The second kappa shape index (κ2) is 6.94. The molecule has 2 aromatic rings. The molecule has 0 unspecified atom stereocenters. The van der Waals surface area contributed by atoms with E-state index in [0.717, 1.165) is 6.07 Å². The average molecular weight is 408 g/mol. The number of benzene rings is 1. The van der Waals surface area contributed by atoms with Crippen molar-refractivity contribution in [3.63, 3.8) is 0 Å². The number of halogens is 1. The molecular formula is C18H21FN4O4S. The SMILES string of the molecule is CNC(=O)[C@@H]1Cn2ccnc2C2(CCN(S(=O)(=O)c3cccc(F)c3)CC2)O1. The van der Waals surface area contributed by atoms with E-state index in [1.165, 1.54) is 22.5 Å². The van der Waals surface area contributed by atoms with Crippen LogP contribution in [0.3, 0.4) is 0 Å². The first-order valence-corrected chi connectivity index (χ1v) is 10.5. The molecule has 1 fully saturated rings. The maximum Gasteiger partial charge on any atom is 0.250 e. The van der Waals surface area contributed by atoms with Gasteiger partial charge < -0.3 is 14.6 Å². The highest BCUT2D eigenvalue weighted by atomic mass is 32.2. The number of imidazole rings is 1. The van der Waals surface area contributed by atoms with Crippen molar-refractivity contribution < 1.29 is 22.3 Å². The van der Waals surface area contributed by atoms with E-state index in [0.29, 0.717) is 25.2 Å². The van der Waals surface area contributed by atoms with Crippen molar-refractivity contribution in [3.8, 4) is 0 Å². The smallest absolute Gasteiger partial charge is 0.250 e. The zero-order chi connectivity index (χ0) is 19.9. The average Bonchev–Trinajstić information content (AvgIpc) is 3.17. The van der Waals surface area contributed by atoms with Gasteiger partial charge in [-0.3, -0.25) is 4.79 Å². The van der Waals surface area contributed by atoms with Gasteiger partial charge in [-0.25, -0.2) is 17.8 Å². The van der Waals surface area contributed by atoms with Crippen molar-refractivity contribution in [2.45, 2.75) is 36.0 Å². The number of fused-ring (bicyclic) bond motifs is 2. The number of hydrogen-bond donors (Lipinski definition) is 1. The number of sulfonamides is 1. The largest absolute Gasteiger partial charge is 0.357 e. The minimum Gasteiger partial charge on any atom is -0.357 e. The molecule has 28 heavy (non-hydrogen) atoms. The van der Waals surface area contributed by atoms with E-state index in [-0.39, 0.29) is 23.9 Å². The topological polar surface area (TPSA) is 93.5 Å². The molecule has 10 heteroatoms. The van der Waals surface area contributed by atoms with Gasteiger partial charge in [0.25, 0.3) is 5.91 Å². The molecule has 2 aliphatic heterocycles. The Hall–Kier alpha value is -2.30. The highest BCUT2D eigenvalue weighted by molar-refractivity contribution is 7.89. The summed E-state index contributed by atoms with van der Waals surface area (Å²) in [7, 11) is -2.26. The van der Waals surface area contributed by atoms with E-state index >= 15 is 0 Å². The van der Waals surface area contributed by atoms with E-state index in [1.54, 1.807) is 19.4 Å². The Balaban J connectivity index is 1.59. The summed E-state index contributed by atoms with van der Waals surface area (Å²) in [4.78, 5) is 16.5. The second-order valence-electron chi connectivity index (χ2n) is 6.98. The summed E-state index contributed by atoms with van der Waals surface area (Å²) < 4.78 is 48.6. The molecule has 4 rings (SSSR count). The molecule has 150 valence electrons. The number of nitrogens with zero attached hydrogens (tertiary/aromatic N) is 3. The highest BCUT2D eigenvalue weighted by Crippen LogP contribution is 2.41. The fraction of sp³-hybridized carbons (Fsp3) is 0.444. The summed E-state index contributed by atoms with van der Waals surface area (Å²) in [5.74, 6) is -0.121. The predicted octanol–water partition coefficient (Wildman–Crippen LogP) is 0.847. The zero-order valence-corrected chi connectivity index (χ0v) is 16.2. The molecule has 1 aromatic heterocycles. The van der Waals surface area contributed by atoms with E-state index in [2.05, 4.69) is 10.3 Å². The first-order chi connectivity index (χ1) is 13.4. The van der Waals surface area contributed by atoms with Gasteiger partial charge in [0.15, 0.2) is 6.10 Å². The lowest BCUT2D eigenvalue weighted by molar-refractivity contribution is -0.170. The number of nitrogens with one attached hydrogen (secondary N) is 1. The van der Waals surface area contributed by atoms with Gasteiger partial charge in [-0.2, -0.15) is 4.31 Å². The molecule has 8 nitrogen and oxygen atoms in total. The summed E-state index contributed by atoms with van der Waals surface area (Å²) in [6.07, 6.45) is 3.49. The van der Waals surface area contributed by atoms with Crippen LogP contribution in [0.1, 0.15) is 18.7 Å². The first-order valence-electron chi connectivity index (χ1n) is 9.02. The number of carbonyl (C=O) groups excluding carboxylic acids is 1. The van der Waals surface area contributed by atoms with E-state index in [4.69, 9.17) is 4.74 Å². The van der Waals surface area contributed by atoms with Gasteiger partial charge in [0.2, 0.25) is 10.0 Å². The molecule has 1 spiro atoms. The summed E-state index contributed by atoms with van der Waals surface area (Å²) in [6.45, 7) is 0.737. The van der Waals surface area contributed by atoms with Gasteiger partial charge in [-0.1, -0.05) is 6.07 Å². The third-order valence-corrected chi connectivity index (χ3v) is 7.25. The summed E-state index contributed by atoms with van der Waals surface area (Å²) in [6, 6.07) is 4.99. The van der Waals surface area contributed by atoms with Crippen molar-refractivity contribution in [3.05, 3.63) is 48.3 Å². The van der Waals surface area contributed by atoms with Crippen molar-refractivity contribution in [2.24, 2.45) is 0 Å². The van der Waals surface area contributed by atoms with Gasteiger partial charge in [0, 0.05) is 32.5 Å². The van der Waals surface area contributed by atoms with Crippen molar-refractivity contribution in [1.82, 2.24) is 19.2 Å². The van der Waals surface area contributed by atoms with Crippen LogP contribution in [0.2, 0.25) is 0 Å². The third-order valence-electron chi connectivity index (χ3n) is 5.36. The number of carbonyl (C=O) groups is 1. The Morgan fingerprint density at radius 1 is 1.36 bits per heavy atom. The first kappa shape index (κ1) is 19.0. The van der Waals surface area contributed by atoms with Crippen molar-refractivity contribution >= 4 is 15.9 Å². The molecule has 1 aromatic carbocycles. The van der Waals surface area contributed by atoms with Crippen LogP contribution in [0.15, 0.2) is 41.6 Å². The molecule has 0 radical (unpaired) electrons. The Bertz CT molecular complexity index is 999. The molecule has 1 saturated heterocycles. The van der Waals surface area contributed by atoms with Gasteiger partial charge >= 0.3 is 0 Å². The van der Waals surface area contributed by atoms with Gasteiger partial charge in [-0.15, -0.1) is 0 Å². The molecule has 1 N–H and O–H groups in total. The highest BCUT2D eigenvalue weighted by Gasteiger charge is 2.48. The van der Waals surface area contributed by atoms with E-state index < -0.39 is 27.5 Å². The van der Waals surface area contributed by atoms with Crippen LogP contribution in [-0.2, 0) is 31.7 Å². The molecule has 2 aliphatic rings. The zero-order valence-electron chi connectivity index (χ0n) is 15.3. The number of aromatic nitrogens is 2. The number of piperidine rings is 1. The monoisotopic (exact) mass is 408 g/mol. The number of hydrogen-bond acceptors (Lipinski definition) is 5. The fourth-order valence-electron chi connectivity index (χ4n) is 3.90. The standard InChI is InChI=1S/C18H21FN4O4S/c1-20-16(24)15-12-22-10-7-21-17(22)18(27-15)5-8-23(9-6-18)28(25,26)14-4-2-3-13(19)11-14/h2-4,7,10-11,15H,5-6,8-9,12H2,1H3,(H,20,24)/t15-/m0/s1. The lowest BCUT2D eigenvalue weighted by atomic mass is 9.89. The third kappa shape index (κ3) is 3.11. The van der Waals surface area contributed by atoms with Crippen molar-refractivity contribution in [1.29, 1.82) is 0 Å². The lowest BCUT2D eigenvalue weighted by Crippen LogP contribution is -2.54. The van der Waals surface area contributed by atoms with Gasteiger partial charge in [-0.05, 0) is 31.0 Å². The fourth-order valence-corrected chi connectivity index (χ4v) is 5.37. The second-order valence-corrected chi connectivity index (χ2v) is 8.92. The summed E-state index contributed by atoms with van der Waals surface area (Å²) in [5, 5.41) is 2.60. The number of likely N-dealkylation sites (N-methyl/N-ethyl adjacent to an activating group) is 1. The Morgan fingerprint density at radius 3 is 2.79 bits per heavy atom. The summed E-state index contributed by atoms with van der Waals surface area (Å²) in [5.41, 5.74) is -0.827. The van der Waals surface area contributed by atoms with Crippen LogP contribution < -0.4 is 5.32 Å². The van der Waals surface area contributed by atoms with Crippen LogP contribution >= 0.6 is 0 Å². The molecule has 1 amide bonds. The van der Waals surface area contributed by atoms with Crippen LogP contribution in [0.25, 0.3) is 0 Å². The molecule has 0 aliphatic carbocycles. The minimum absolute atomic E-state index is 0.0715. The normalized spacial score (nSPS) is 22.0. The number of ether oxygens (including phenoxy) is 1. The van der Waals surface area contributed by atoms with Crippen LogP contribution in [0.4, 0.5) is 4.39 Å². The number of amides is 1. The maximum atomic E-state index is 13.5. The van der Waals surface area contributed by atoms with Gasteiger partial charge in [0.05, 0.1) is 11.4 Å². The maximum absolute atomic E-state index is 13.5. The number of rotatable bonds is 3. The molecule has 0 saturated carbocycles.